The van der Waals surface area contributed by atoms with E-state index in [1.807, 2.05) is 0 Å². The van der Waals surface area contributed by atoms with Gasteiger partial charge in [-0.15, -0.1) is 0 Å². The molecule has 0 aromatic carbocycles. The van der Waals surface area contributed by atoms with Crippen molar-refractivity contribution in [2.75, 3.05) is 6.61 Å². The number of hydrogen-bond acceptors (Lipinski definition) is 3. The van der Waals surface area contributed by atoms with E-state index in [1.54, 1.807) is 0 Å². The third-order valence-electron chi connectivity index (χ3n) is 1.90. The maximum atomic E-state index is 12.4. The first-order valence-electron chi connectivity index (χ1n) is 3.83. The highest BCUT2D eigenvalue weighted by Crippen LogP contribution is 2.38. The topological polar surface area (TPSA) is 53.4 Å². The molecule has 0 fully saturated rings. The van der Waals surface area contributed by atoms with Gasteiger partial charge in [0, 0.05) is 11.8 Å². The largest absolute Gasteiger partial charge is 0.423 e. The predicted molar refractivity (Wildman–Crippen MR) is 49.0 cm³/mol. The molecule has 84 valence electrons. The Hall–Kier alpha value is -0.660. The zero-order valence-corrected chi connectivity index (χ0v) is 8.88. The van der Waals surface area contributed by atoms with Gasteiger partial charge in [0.05, 0.1) is 6.61 Å². The number of rotatable bonds is 2. The molecule has 0 spiro atoms. The van der Waals surface area contributed by atoms with Crippen LogP contribution in [-0.4, -0.2) is 28.0 Å². The van der Waals surface area contributed by atoms with Crippen LogP contribution in [0.4, 0.5) is 13.2 Å². The number of halogens is 4. The van der Waals surface area contributed by atoms with E-state index in [4.69, 9.17) is 5.11 Å². The Morgan fingerprint density at radius 3 is 2.27 bits per heavy atom. The molecule has 1 aromatic heterocycles. The predicted octanol–water partition coefficient (Wildman–Crippen LogP) is 1.59. The lowest BCUT2D eigenvalue weighted by atomic mass is 9.96. The standard InChI is InChI=1S/C8H7BrF3NO2/c9-6-2-1-5(3-13-6)7(15,4-14)8(10,11)12/h1-3,14-15H,4H2. The molecule has 1 aromatic rings. The van der Waals surface area contributed by atoms with Crippen molar-refractivity contribution in [1.82, 2.24) is 4.98 Å². The van der Waals surface area contributed by atoms with Crippen LogP contribution in [0, 0.1) is 0 Å². The van der Waals surface area contributed by atoms with Crippen molar-refractivity contribution in [1.29, 1.82) is 0 Å². The second-order valence-corrected chi connectivity index (χ2v) is 3.70. The molecule has 0 radical (unpaired) electrons. The lowest BCUT2D eigenvalue weighted by Crippen LogP contribution is -2.45. The molecular formula is C8H7BrF3NO2. The van der Waals surface area contributed by atoms with Crippen LogP contribution < -0.4 is 0 Å². The Balaban J connectivity index is 3.18. The molecule has 7 heteroatoms. The van der Waals surface area contributed by atoms with Crippen molar-refractivity contribution in [2.45, 2.75) is 11.8 Å². The van der Waals surface area contributed by atoms with Gasteiger partial charge in [-0.1, -0.05) is 6.07 Å². The second kappa shape index (κ2) is 4.07. The molecule has 0 aliphatic carbocycles. The fraction of sp³-hybridized carbons (Fsp3) is 0.375. The highest BCUT2D eigenvalue weighted by molar-refractivity contribution is 9.10. The van der Waals surface area contributed by atoms with Gasteiger partial charge >= 0.3 is 6.18 Å². The van der Waals surface area contributed by atoms with Gasteiger partial charge in [0.25, 0.3) is 0 Å². The highest BCUT2D eigenvalue weighted by Gasteiger charge is 2.54. The van der Waals surface area contributed by atoms with Gasteiger partial charge in [-0.25, -0.2) is 4.98 Å². The Morgan fingerprint density at radius 2 is 1.93 bits per heavy atom. The van der Waals surface area contributed by atoms with E-state index in [9.17, 15) is 18.3 Å². The van der Waals surface area contributed by atoms with Crippen LogP contribution in [0.1, 0.15) is 5.56 Å². The monoisotopic (exact) mass is 285 g/mol. The minimum absolute atomic E-state index is 0.341. The van der Waals surface area contributed by atoms with Crippen molar-refractivity contribution >= 4 is 15.9 Å². The molecule has 1 unspecified atom stereocenters. The molecule has 0 aliphatic heterocycles. The molecule has 0 saturated heterocycles. The summed E-state index contributed by atoms with van der Waals surface area (Å²) in [4.78, 5) is 3.55. The summed E-state index contributed by atoms with van der Waals surface area (Å²) in [6.45, 7) is -1.44. The van der Waals surface area contributed by atoms with Crippen molar-refractivity contribution in [3.63, 3.8) is 0 Å². The van der Waals surface area contributed by atoms with Gasteiger partial charge in [-0.05, 0) is 22.0 Å². The maximum absolute atomic E-state index is 12.4. The number of pyridine rings is 1. The van der Waals surface area contributed by atoms with Gasteiger partial charge in [-0.3, -0.25) is 0 Å². The van der Waals surface area contributed by atoms with E-state index >= 15 is 0 Å². The number of aliphatic hydroxyl groups excluding tert-OH is 1. The molecule has 0 amide bonds. The summed E-state index contributed by atoms with van der Waals surface area (Å²) in [7, 11) is 0. The Labute approximate surface area is 91.7 Å². The first-order valence-corrected chi connectivity index (χ1v) is 4.62. The maximum Gasteiger partial charge on any atom is 0.423 e. The number of hydrogen-bond donors (Lipinski definition) is 2. The van der Waals surface area contributed by atoms with Crippen LogP contribution in [0.25, 0.3) is 0 Å². The van der Waals surface area contributed by atoms with Gasteiger partial charge in [0.15, 0.2) is 0 Å². The molecular weight excluding hydrogens is 279 g/mol. The molecule has 15 heavy (non-hydrogen) atoms. The van der Waals surface area contributed by atoms with Crippen LogP contribution >= 0.6 is 15.9 Å². The molecule has 1 rings (SSSR count). The van der Waals surface area contributed by atoms with E-state index in [0.717, 1.165) is 12.3 Å². The average molecular weight is 286 g/mol. The highest BCUT2D eigenvalue weighted by atomic mass is 79.9. The van der Waals surface area contributed by atoms with E-state index in [-0.39, 0.29) is 0 Å². The summed E-state index contributed by atoms with van der Waals surface area (Å²) in [6.07, 6.45) is -4.09. The van der Waals surface area contributed by atoms with E-state index in [2.05, 4.69) is 20.9 Å². The van der Waals surface area contributed by atoms with Crippen molar-refractivity contribution < 1.29 is 23.4 Å². The second-order valence-electron chi connectivity index (χ2n) is 2.89. The van der Waals surface area contributed by atoms with Crippen LogP contribution in [0.5, 0.6) is 0 Å². The number of aliphatic hydroxyl groups is 2. The van der Waals surface area contributed by atoms with Gasteiger partial charge < -0.3 is 10.2 Å². The van der Waals surface area contributed by atoms with Crippen molar-refractivity contribution in [3.05, 3.63) is 28.5 Å². The fourth-order valence-corrected chi connectivity index (χ4v) is 1.20. The summed E-state index contributed by atoms with van der Waals surface area (Å²) in [5.74, 6) is 0. The summed E-state index contributed by atoms with van der Waals surface area (Å²) in [6, 6.07) is 2.29. The Morgan fingerprint density at radius 1 is 1.33 bits per heavy atom. The third-order valence-corrected chi connectivity index (χ3v) is 2.37. The first kappa shape index (κ1) is 12.4. The lowest BCUT2D eigenvalue weighted by molar-refractivity contribution is -0.277. The van der Waals surface area contributed by atoms with E-state index < -0.39 is 23.9 Å². The molecule has 2 N–H and O–H groups in total. The Bertz CT molecular complexity index is 341. The lowest BCUT2D eigenvalue weighted by Gasteiger charge is -2.28. The number of aromatic nitrogens is 1. The van der Waals surface area contributed by atoms with Crippen LogP contribution in [0.15, 0.2) is 22.9 Å². The normalized spacial score (nSPS) is 16.1. The van der Waals surface area contributed by atoms with Crippen LogP contribution in [0.2, 0.25) is 0 Å². The SMILES string of the molecule is OCC(O)(c1ccc(Br)nc1)C(F)(F)F. The van der Waals surface area contributed by atoms with Crippen LogP contribution in [-0.2, 0) is 5.60 Å². The Kier molecular flexibility index (Phi) is 3.37. The van der Waals surface area contributed by atoms with Crippen molar-refractivity contribution in [2.24, 2.45) is 0 Å². The summed E-state index contributed by atoms with van der Waals surface area (Å²) in [5.41, 5.74) is -3.76. The molecule has 0 saturated carbocycles. The molecule has 0 bridgehead atoms. The minimum Gasteiger partial charge on any atom is -0.393 e. The minimum atomic E-state index is -4.95. The number of nitrogens with zero attached hydrogens (tertiary/aromatic N) is 1. The summed E-state index contributed by atoms with van der Waals surface area (Å²) in [5, 5.41) is 17.9. The van der Waals surface area contributed by atoms with E-state index in [1.165, 1.54) is 6.07 Å². The number of alkyl halides is 3. The summed E-state index contributed by atoms with van der Waals surface area (Å²) >= 11 is 2.95. The molecule has 3 nitrogen and oxygen atoms in total. The smallest absolute Gasteiger partial charge is 0.393 e. The quantitative estimate of drug-likeness (QED) is 0.812. The van der Waals surface area contributed by atoms with E-state index in [0.29, 0.717) is 4.60 Å². The fourth-order valence-electron chi connectivity index (χ4n) is 0.965. The zero-order valence-electron chi connectivity index (χ0n) is 7.29. The van der Waals surface area contributed by atoms with Crippen molar-refractivity contribution in [3.8, 4) is 0 Å². The van der Waals surface area contributed by atoms with Gasteiger partial charge in [-0.2, -0.15) is 13.2 Å². The third kappa shape index (κ3) is 2.30. The molecule has 1 heterocycles. The molecule has 0 aliphatic rings. The van der Waals surface area contributed by atoms with Gasteiger partial charge in [0.2, 0.25) is 5.60 Å². The molecule has 1 atom stereocenters. The summed E-state index contributed by atoms with van der Waals surface area (Å²) < 4.78 is 37.7. The van der Waals surface area contributed by atoms with Crippen LogP contribution in [0.3, 0.4) is 0 Å². The zero-order chi connectivity index (χ0) is 11.7. The first-order chi connectivity index (χ1) is 6.81. The van der Waals surface area contributed by atoms with Gasteiger partial charge in [0.1, 0.15) is 4.60 Å². The average Bonchev–Trinajstić information content (AvgIpc) is 2.16.